The Morgan fingerprint density at radius 3 is 2.34 bits per heavy atom. The lowest BCUT2D eigenvalue weighted by Gasteiger charge is -2.23. The summed E-state index contributed by atoms with van der Waals surface area (Å²) in [7, 11) is 0. The Balaban J connectivity index is 1.76. The van der Waals surface area contributed by atoms with Crippen molar-refractivity contribution in [2.45, 2.75) is 45.6 Å². The minimum atomic E-state index is -0.565. The molecule has 1 N–H and O–H groups in total. The summed E-state index contributed by atoms with van der Waals surface area (Å²) in [4.78, 5) is 40.3. The van der Waals surface area contributed by atoms with Crippen molar-refractivity contribution in [2.24, 2.45) is 0 Å². The Bertz CT molecular complexity index is 733. The number of nitrogens with one attached hydrogen (secondary N) is 1. The smallest absolute Gasteiger partial charge is 0.407 e. The first-order valence-corrected chi connectivity index (χ1v) is 10.7. The predicted octanol–water partition coefficient (Wildman–Crippen LogP) is 2.97. The van der Waals surface area contributed by atoms with Crippen molar-refractivity contribution in [1.29, 1.82) is 0 Å². The number of alkyl carbamates (subject to hydrolysis) is 1. The van der Waals surface area contributed by atoms with E-state index in [4.69, 9.17) is 4.74 Å². The number of rotatable bonds is 5. The van der Waals surface area contributed by atoms with Crippen LogP contribution in [0, 0.1) is 0 Å². The third-order valence-electron chi connectivity index (χ3n) is 4.45. The van der Waals surface area contributed by atoms with Crippen LogP contribution in [0.5, 0.6) is 0 Å². The highest BCUT2D eigenvalue weighted by Crippen LogP contribution is 2.14. The van der Waals surface area contributed by atoms with Gasteiger partial charge >= 0.3 is 6.09 Å². The van der Waals surface area contributed by atoms with Gasteiger partial charge in [0.2, 0.25) is 11.8 Å². The molecular weight excluding hydrogens is 438 g/mol. The van der Waals surface area contributed by atoms with Crippen LogP contribution in [-0.4, -0.2) is 66.0 Å². The molecule has 0 unspecified atom stereocenters. The Kier molecular flexibility index (Phi) is 8.49. The average Bonchev–Trinajstić information content (AvgIpc) is 2.86. The number of benzene rings is 1. The maximum atomic E-state index is 12.6. The summed E-state index contributed by atoms with van der Waals surface area (Å²) in [5.41, 5.74) is 0.403. The predicted molar refractivity (Wildman–Crippen MR) is 114 cm³/mol. The van der Waals surface area contributed by atoms with Gasteiger partial charge in [-0.25, -0.2) is 4.79 Å². The van der Waals surface area contributed by atoms with Crippen molar-refractivity contribution >= 4 is 33.8 Å². The van der Waals surface area contributed by atoms with E-state index in [-0.39, 0.29) is 24.8 Å². The highest BCUT2D eigenvalue weighted by atomic mass is 79.9. The van der Waals surface area contributed by atoms with Crippen LogP contribution in [-0.2, 0) is 20.7 Å². The van der Waals surface area contributed by atoms with Crippen LogP contribution in [0.25, 0.3) is 0 Å². The molecule has 0 aromatic heterocycles. The van der Waals surface area contributed by atoms with Crippen LogP contribution in [0.4, 0.5) is 4.79 Å². The first kappa shape index (κ1) is 23.2. The molecule has 0 bridgehead atoms. The second kappa shape index (κ2) is 10.6. The van der Waals surface area contributed by atoms with Gasteiger partial charge in [0, 0.05) is 43.6 Å². The zero-order valence-corrected chi connectivity index (χ0v) is 19.0. The molecule has 1 aromatic carbocycles. The molecule has 1 heterocycles. The number of halogens is 1. The number of amides is 3. The van der Waals surface area contributed by atoms with Crippen molar-refractivity contribution in [3.8, 4) is 0 Å². The third-order valence-corrected chi connectivity index (χ3v) is 4.95. The molecule has 160 valence electrons. The number of ether oxygens (including phenoxy) is 1. The van der Waals surface area contributed by atoms with Gasteiger partial charge in [-0.1, -0.05) is 28.1 Å². The zero-order valence-electron chi connectivity index (χ0n) is 17.4. The number of hydrogen-bond acceptors (Lipinski definition) is 4. The Hall–Kier alpha value is -2.09. The molecule has 29 heavy (non-hydrogen) atoms. The molecule has 0 atom stereocenters. The summed E-state index contributed by atoms with van der Waals surface area (Å²) < 4.78 is 6.11. The van der Waals surface area contributed by atoms with Crippen LogP contribution in [0.3, 0.4) is 0 Å². The maximum Gasteiger partial charge on any atom is 0.407 e. The van der Waals surface area contributed by atoms with E-state index in [1.54, 1.807) is 25.7 Å². The fourth-order valence-electron chi connectivity index (χ4n) is 3.09. The number of carbonyl (C=O) groups is 3. The minimum absolute atomic E-state index is 0.0256. The monoisotopic (exact) mass is 467 g/mol. The highest BCUT2D eigenvalue weighted by molar-refractivity contribution is 9.10. The molecule has 1 aliphatic heterocycles. The van der Waals surface area contributed by atoms with Gasteiger partial charge in [0.05, 0.1) is 6.42 Å². The van der Waals surface area contributed by atoms with E-state index in [1.165, 1.54) is 0 Å². The van der Waals surface area contributed by atoms with Crippen molar-refractivity contribution < 1.29 is 19.1 Å². The normalized spacial score (nSPS) is 14.9. The molecule has 1 aromatic rings. The summed E-state index contributed by atoms with van der Waals surface area (Å²) in [6, 6.07) is 7.74. The van der Waals surface area contributed by atoms with E-state index in [9.17, 15) is 14.4 Å². The first-order chi connectivity index (χ1) is 13.6. The van der Waals surface area contributed by atoms with Gasteiger partial charge in [-0.3, -0.25) is 9.59 Å². The number of hydrogen-bond donors (Lipinski definition) is 1. The maximum absolute atomic E-state index is 12.6. The topological polar surface area (TPSA) is 79.0 Å². The van der Waals surface area contributed by atoms with Gasteiger partial charge in [-0.05, 0) is 44.9 Å². The molecule has 1 aliphatic rings. The Morgan fingerprint density at radius 2 is 1.72 bits per heavy atom. The largest absolute Gasteiger partial charge is 0.444 e. The van der Waals surface area contributed by atoms with E-state index in [0.29, 0.717) is 32.6 Å². The standard InChI is InChI=1S/C21H30BrN3O4/c1-21(2,3)29-20(28)23-9-8-18(26)24-10-5-11-25(13-12-24)19(27)15-16-6-4-7-17(22)14-16/h4,6-7,14H,5,8-13,15H2,1-3H3,(H,23,28). The highest BCUT2D eigenvalue weighted by Gasteiger charge is 2.22. The molecule has 1 saturated heterocycles. The van der Waals surface area contributed by atoms with Gasteiger partial charge < -0.3 is 19.9 Å². The fourth-order valence-corrected chi connectivity index (χ4v) is 3.54. The van der Waals surface area contributed by atoms with Gasteiger partial charge in [-0.2, -0.15) is 0 Å². The van der Waals surface area contributed by atoms with E-state index < -0.39 is 11.7 Å². The second-order valence-electron chi connectivity index (χ2n) is 8.10. The summed E-state index contributed by atoms with van der Waals surface area (Å²) >= 11 is 3.42. The second-order valence-corrected chi connectivity index (χ2v) is 9.02. The molecule has 2 rings (SSSR count). The molecule has 8 heteroatoms. The average molecular weight is 468 g/mol. The van der Waals surface area contributed by atoms with Crippen LogP contribution < -0.4 is 5.32 Å². The van der Waals surface area contributed by atoms with Gasteiger partial charge in [-0.15, -0.1) is 0 Å². The number of carbonyl (C=O) groups excluding carboxylic acids is 3. The van der Waals surface area contributed by atoms with Gasteiger partial charge in [0.1, 0.15) is 5.60 Å². The van der Waals surface area contributed by atoms with Crippen LogP contribution in [0.1, 0.15) is 39.2 Å². The number of nitrogens with zero attached hydrogens (tertiary/aromatic N) is 2. The van der Waals surface area contributed by atoms with Crippen molar-refractivity contribution in [1.82, 2.24) is 15.1 Å². The first-order valence-electron chi connectivity index (χ1n) is 9.91. The fraction of sp³-hybridized carbons (Fsp3) is 0.571. The van der Waals surface area contributed by atoms with Crippen molar-refractivity contribution in [3.05, 3.63) is 34.3 Å². The molecule has 0 spiro atoms. The van der Waals surface area contributed by atoms with E-state index in [1.807, 2.05) is 29.2 Å². The van der Waals surface area contributed by atoms with E-state index >= 15 is 0 Å². The lowest BCUT2D eigenvalue weighted by atomic mass is 10.1. The SMILES string of the molecule is CC(C)(C)OC(=O)NCCC(=O)N1CCCN(C(=O)Cc2cccc(Br)c2)CC1. The molecule has 1 fully saturated rings. The molecular formula is C21H30BrN3O4. The van der Waals surface area contributed by atoms with Gasteiger partial charge in [0.25, 0.3) is 0 Å². The molecule has 0 aliphatic carbocycles. The Morgan fingerprint density at radius 1 is 1.07 bits per heavy atom. The van der Waals surface area contributed by atoms with Crippen LogP contribution in [0.15, 0.2) is 28.7 Å². The summed E-state index contributed by atoms with van der Waals surface area (Å²) in [5, 5.41) is 2.61. The molecule has 0 saturated carbocycles. The van der Waals surface area contributed by atoms with Crippen molar-refractivity contribution in [3.63, 3.8) is 0 Å². The zero-order chi connectivity index (χ0) is 21.4. The summed E-state index contributed by atoms with van der Waals surface area (Å²) in [6.45, 7) is 7.90. The van der Waals surface area contributed by atoms with Crippen LogP contribution in [0.2, 0.25) is 0 Å². The molecule has 3 amide bonds. The summed E-state index contributed by atoms with van der Waals surface area (Å²) in [6.07, 6.45) is 0.791. The van der Waals surface area contributed by atoms with Gasteiger partial charge in [0.15, 0.2) is 0 Å². The lowest BCUT2D eigenvalue weighted by molar-refractivity contribution is -0.133. The van der Waals surface area contributed by atoms with E-state index in [0.717, 1.165) is 16.5 Å². The minimum Gasteiger partial charge on any atom is -0.444 e. The van der Waals surface area contributed by atoms with Crippen LogP contribution >= 0.6 is 15.9 Å². The Labute approximate surface area is 180 Å². The van der Waals surface area contributed by atoms with E-state index in [2.05, 4.69) is 21.2 Å². The quantitative estimate of drug-likeness (QED) is 0.721. The molecule has 0 radical (unpaired) electrons. The molecule has 7 nitrogen and oxygen atoms in total. The lowest BCUT2D eigenvalue weighted by Crippen LogP contribution is -2.39. The summed E-state index contributed by atoms with van der Waals surface area (Å²) in [5.74, 6) is 0.0475. The van der Waals surface area contributed by atoms with Crippen molar-refractivity contribution in [2.75, 3.05) is 32.7 Å². The third kappa shape index (κ3) is 8.43.